The first-order valence-corrected chi connectivity index (χ1v) is 11.8. The highest BCUT2D eigenvalue weighted by molar-refractivity contribution is 6.04. The molecular weight excluding hydrogens is 463 g/mol. The van der Waals surface area contributed by atoms with Gasteiger partial charge in [-0.1, -0.05) is 0 Å². The number of rotatable bonds is 4. The van der Waals surface area contributed by atoms with E-state index in [4.69, 9.17) is 0 Å². The zero-order valence-corrected chi connectivity index (χ0v) is 19.7. The summed E-state index contributed by atoms with van der Waals surface area (Å²) in [5.74, 6) is -0.868. The number of amides is 3. The topological polar surface area (TPSA) is 101 Å². The number of nitrogens with one attached hydrogen (secondary N) is 2. The number of carbonyl (C=O) groups excluding carboxylic acids is 3. The van der Waals surface area contributed by atoms with Crippen LogP contribution in [-0.2, 0) is 6.54 Å². The Morgan fingerprint density at radius 1 is 0.861 bits per heavy atom. The minimum absolute atomic E-state index is 0.00195. The first-order valence-electron chi connectivity index (χ1n) is 11.8. The summed E-state index contributed by atoms with van der Waals surface area (Å²) in [7, 11) is 0. The van der Waals surface area contributed by atoms with E-state index in [1.165, 1.54) is 31.2 Å². The van der Waals surface area contributed by atoms with Gasteiger partial charge in [-0.15, -0.1) is 0 Å². The van der Waals surface area contributed by atoms with Gasteiger partial charge in [0.05, 0.1) is 0 Å². The fraction of sp³-hybridized carbons (Fsp3) is 0.259. The number of likely N-dealkylation sites (tertiary alicyclic amines) is 1. The van der Waals surface area contributed by atoms with E-state index in [0.29, 0.717) is 30.9 Å². The highest BCUT2D eigenvalue weighted by atomic mass is 19.1. The third-order valence-electron chi connectivity index (χ3n) is 6.79. The van der Waals surface area contributed by atoms with Crippen LogP contribution < -0.4 is 16.2 Å². The number of ketones is 1. The standard InChI is InChI=1S/C27H25FN4O4/c1-16(33)18-4-8-22(9-5-18)29-27(36)31-13-17-12-20(15-31)24-11-10-23(26(35)32(24)14-17)30-25(34)19-2-6-21(28)7-3-19/h2-11,17,20H,12-15H2,1H3,(H,29,36)(H,30,34)/t17-,20-/m1/s1. The highest BCUT2D eigenvalue weighted by Gasteiger charge is 2.36. The van der Waals surface area contributed by atoms with Crippen LogP contribution in [0.25, 0.3) is 0 Å². The number of pyridine rings is 1. The van der Waals surface area contributed by atoms with Gasteiger partial charge >= 0.3 is 6.03 Å². The van der Waals surface area contributed by atoms with E-state index >= 15 is 0 Å². The van der Waals surface area contributed by atoms with Gasteiger partial charge in [0.15, 0.2) is 5.78 Å². The third kappa shape index (κ3) is 4.64. The van der Waals surface area contributed by atoms with Gasteiger partial charge in [0, 0.05) is 48.1 Å². The van der Waals surface area contributed by atoms with E-state index < -0.39 is 11.7 Å². The predicted molar refractivity (Wildman–Crippen MR) is 133 cm³/mol. The Balaban J connectivity index is 1.29. The van der Waals surface area contributed by atoms with Crippen molar-refractivity contribution in [2.45, 2.75) is 25.8 Å². The fourth-order valence-electron chi connectivity index (χ4n) is 4.99. The molecule has 0 saturated carbocycles. The van der Waals surface area contributed by atoms with Gasteiger partial charge in [0.25, 0.3) is 11.5 Å². The summed E-state index contributed by atoms with van der Waals surface area (Å²) in [6, 6.07) is 15.1. The molecular formula is C27H25FN4O4. The molecule has 2 atom stereocenters. The summed E-state index contributed by atoms with van der Waals surface area (Å²) < 4.78 is 14.8. The first-order chi connectivity index (χ1) is 17.3. The monoisotopic (exact) mass is 488 g/mol. The molecule has 3 heterocycles. The van der Waals surface area contributed by atoms with Gasteiger partial charge in [-0.3, -0.25) is 14.4 Å². The molecule has 0 spiro atoms. The van der Waals surface area contributed by atoms with Gasteiger partial charge in [-0.05, 0) is 79.9 Å². The summed E-state index contributed by atoms with van der Waals surface area (Å²) in [5.41, 5.74) is 2.15. The zero-order chi connectivity index (χ0) is 25.4. The zero-order valence-electron chi connectivity index (χ0n) is 19.7. The second-order valence-corrected chi connectivity index (χ2v) is 9.32. The molecule has 1 aromatic heterocycles. The van der Waals surface area contributed by atoms with Crippen molar-refractivity contribution in [3.8, 4) is 0 Å². The van der Waals surface area contributed by atoms with Crippen molar-refractivity contribution in [3.63, 3.8) is 0 Å². The third-order valence-corrected chi connectivity index (χ3v) is 6.79. The Labute approximate surface area is 206 Å². The van der Waals surface area contributed by atoms with Crippen molar-refractivity contribution in [1.29, 1.82) is 0 Å². The van der Waals surface area contributed by atoms with Gasteiger partial charge in [-0.2, -0.15) is 0 Å². The van der Waals surface area contributed by atoms with Crippen LogP contribution in [0.1, 0.15) is 45.7 Å². The molecule has 1 fully saturated rings. The van der Waals surface area contributed by atoms with Crippen LogP contribution in [0.3, 0.4) is 0 Å². The summed E-state index contributed by atoms with van der Waals surface area (Å²) in [6.07, 6.45) is 0.873. The summed E-state index contributed by atoms with van der Waals surface area (Å²) >= 11 is 0. The Morgan fingerprint density at radius 2 is 1.56 bits per heavy atom. The number of anilines is 2. The lowest BCUT2D eigenvalue weighted by Crippen LogP contribution is -2.50. The summed E-state index contributed by atoms with van der Waals surface area (Å²) in [5, 5.41) is 5.52. The summed E-state index contributed by atoms with van der Waals surface area (Å²) in [6.45, 7) is 2.91. The number of urea groups is 1. The predicted octanol–water partition coefficient (Wildman–Crippen LogP) is 4.09. The molecule has 2 aliphatic rings. The van der Waals surface area contributed by atoms with Crippen molar-refractivity contribution in [1.82, 2.24) is 9.47 Å². The molecule has 184 valence electrons. The Morgan fingerprint density at radius 3 is 2.25 bits per heavy atom. The molecule has 2 aliphatic heterocycles. The van der Waals surface area contributed by atoms with Crippen molar-refractivity contribution in [2.24, 2.45) is 5.92 Å². The molecule has 3 amide bonds. The second kappa shape index (κ2) is 9.41. The maximum absolute atomic E-state index is 13.2. The van der Waals surface area contributed by atoms with Crippen LogP contribution in [0.2, 0.25) is 0 Å². The Kier molecular flexibility index (Phi) is 6.13. The van der Waals surface area contributed by atoms with Gasteiger partial charge in [0.1, 0.15) is 11.5 Å². The normalized spacial score (nSPS) is 18.2. The molecule has 0 aliphatic carbocycles. The van der Waals surface area contributed by atoms with Crippen LogP contribution in [0.15, 0.2) is 65.5 Å². The first kappa shape index (κ1) is 23.5. The van der Waals surface area contributed by atoms with E-state index in [9.17, 15) is 23.6 Å². The van der Waals surface area contributed by atoms with E-state index in [2.05, 4.69) is 10.6 Å². The lowest BCUT2D eigenvalue weighted by Gasteiger charge is -2.42. The Hall–Kier alpha value is -4.27. The molecule has 5 rings (SSSR count). The molecule has 3 aromatic rings. The molecule has 2 aromatic carbocycles. The molecule has 0 radical (unpaired) electrons. The second-order valence-electron chi connectivity index (χ2n) is 9.32. The number of fused-ring (bicyclic) bond motifs is 4. The van der Waals surface area contributed by atoms with E-state index in [-0.39, 0.29) is 40.5 Å². The van der Waals surface area contributed by atoms with Crippen molar-refractivity contribution >= 4 is 29.1 Å². The highest BCUT2D eigenvalue weighted by Crippen LogP contribution is 2.35. The van der Waals surface area contributed by atoms with Crippen LogP contribution >= 0.6 is 0 Å². The average molecular weight is 489 g/mol. The van der Waals surface area contributed by atoms with Crippen molar-refractivity contribution < 1.29 is 18.8 Å². The minimum atomic E-state index is -0.483. The van der Waals surface area contributed by atoms with Gasteiger partial charge in [0.2, 0.25) is 0 Å². The number of nitrogens with zero attached hydrogens (tertiary/aromatic N) is 2. The summed E-state index contributed by atoms with van der Waals surface area (Å²) in [4.78, 5) is 51.8. The molecule has 2 N–H and O–H groups in total. The number of benzene rings is 2. The fourth-order valence-corrected chi connectivity index (χ4v) is 4.99. The van der Waals surface area contributed by atoms with E-state index in [1.54, 1.807) is 39.8 Å². The Bertz CT molecular complexity index is 1400. The maximum atomic E-state index is 13.2. The molecule has 1 saturated heterocycles. The number of carbonyl (C=O) groups is 3. The van der Waals surface area contributed by atoms with Crippen LogP contribution in [0, 0.1) is 11.7 Å². The smallest absolute Gasteiger partial charge is 0.321 e. The minimum Gasteiger partial charge on any atom is -0.324 e. The number of piperidine rings is 1. The van der Waals surface area contributed by atoms with Crippen LogP contribution in [0.4, 0.5) is 20.6 Å². The number of halogens is 1. The molecule has 0 unspecified atom stereocenters. The molecule has 8 nitrogen and oxygen atoms in total. The number of aromatic nitrogens is 1. The van der Waals surface area contributed by atoms with Crippen LogP contribution in [-0.4, -0.2) is 40.3 Å². The maximum Gasteiger partial charge on any atom is 0.321 e. The average Bonchev–Trinajstić information content (AvgIpc) is 2.86. The number of hydrogen-bond acceptors (Lipinski definition) is 4. The molecule has 2 bridgehead atoms. The van der Waals surface area contributed by atoms with Gasteiger partial charge in [-0.25, -0.2) is 9.18 Å². The number of Topliss-reactive ketones (excluding diaryl/α,β-unsaturated/α-hetero) is 1. The SMILES string of the molecule is CC(=O)c1ccc(NC(=O)N2C[C@H]3C[C@H](C2)c2ccc(NC(=O)c4ccc(F)cc4)c(=O)n2C3)cc1. The van der Waals surface area contributed by atoms with Crippen molar-refractivity contribution in [2.75, 3.05) is 23.7 Å². The number of hydrogen-bond donors (Lipinski definition) is 2. The van der Waals surface area contributed by atoms with Gasteiger partial charge < -0.3 is 20.1 Å². The molecule has 9 heteroatoms. The lowest BCUT2D eigenvalue weighted by molar-refractivity contribution is 0.101. The van der Waals surface area contributed by atoms with E-state index in [0.717, 1.165) is 12.1 Å². The van der Waals surface area contributed by atoms with Crippen molar-refractivity contribution in [3.05, 3.63) is 93.7 Å². The van der Waals surface area contributed by atoms with Crippen LogP contribution in [0.5, 0.6) is 0 Å². The lowest BCUT2D eigenvalue weighted by atomic mass is 9.83. The largest absolute Gasteiger partial charge is 0.324 e. The quantitative estimate of drug-likeness (QED) is 0.540. The molecule has 36 heavy (non-hydrogen) atoms. The van der Waals surface area contributed by atoms with E-state index in [1.807, 2.05) is 6.07 Å².